The Morgan fingerprint density at radius 3 is 2.62 bits per heavy atom. The Labute approximate surface area is 142 Å². The van der Waals surface area contributed by atoms with Gasteiger partial charge in [-0.1, -0.05) is 17.7 Å². The number of anilines is 2. The van der Waals surface area contributed by atoms with Gasteiger partial charge in [-0.15, -0.1) is 0 Å². The molecule has 0 unspecified atom stereocenters. The monoisotopic (exact) mass is 351 g/mol. The standard InChI is InChI=1S/C16H15ClFN3O3/c17-10-4-5-13(15(23)19-6-7-22)14(8-10)21-16(24)20-12-3-1-2-11(18)9-12/h1-5,8-9,22H,6-7H2,(H,19,23)(H2,20,21,24). The van der Waals surface area contributed by atoms with Crippen LogP contribution in [-0.2, 0) is 0 Å². The molecule has 0 heterocycles. The highest BCUT2D eigenvalue weighted by Gasteiger charge is 2.14. The van der Waals surface area contributed by atoms with Crippen molar-refractivity contribution in [1.82, 2.24) is 5.32 Å². The quantitative estimate of drug-likeness (QED) is 0.667. The van der Waals surface area contributed by atoms with Crippen LogP contribution in [0.4, 0.5) is 20.6 Å². The van der Waals surface area contributed by atoms with E-state index < -0.39 is 17.8 Å². The van der Waals surface area contributed by atoms with Crippen molar-refractivity contribution >= 4 is 34.9 Å². The number of hydrogen-bond donors (Lipinski definition) is 4. The van der Waals surface area contributed by atoms with Gasteiger partial charge in [0.05, 0.1) is 17.9 Å². The summed E-state index contributed by atoms with van der Waals surface area (Å²) in [5.74, 6) is -0.957. The number of rotatable bonds is 5. The molecule has 0 bridgehead atoms. The maximum atomic E-state index is 13.1. The third-order valence-corrected chi connectivity index (χ3v) is 3.19. The van der Waals surface area contributed by atoms with Gasteiger partial charge < -0.3 is 21.1 Å². The lowest BCUT2D eigenvalue weighted by atomic mass is 10.1. The van der Waals surface area contributed by atoms with Crippen LogP contribution >= 0.6 is 11.6 Å². The number of benzene rings is 2. The first-order chi connectivity index (χ1) is 11.5. The third kappa shape index (κ3) is 4.94. The predicted molar refractivity (Wildman–Crippen MR) is 89.9 cm³/mol. The zero-order valence-electron chi connectivity index (χ0n) is 12.5. The molecule has 8 heteroatoms. The molecule has 0 saturated carbocycles. The molecule has 24 heavy (non-hydrogen) atoms. The molecule has 3 amide bonds. The number of aliphatic hydroxyl groups is 1. The molecule has 2 aromatic carbocycles. The summed E-state index contributed by atoms with van der Waals surface area (Å²) >= 11 is 5.90. The molecule has 2 aromatic rings. The topological polar surface area (TPSA) is 90.5 Å². The van der Waals surface area contributed by atoms with Gasteiger partial charge in [0.1, 0.15) is 5.82 Å². The number of amides is 3. The molecule has 0 aliphatic carbocycles. The highest BCUT2D eigenvalue weighted by atomic mass is 35.5. The number of carbonyl (C=O) groups excluding carboxylic acids is 2. The number of halogens is 2. The van der Waals surface area contributed by atoms with Crippen molar-refractivity contribution in [2.75, 3.05) is 23.8 Å². The highest BCUT2D eigenvalue weighted by Crippen LogP contribution is 2.21. The Morgan fingerprint density at radius 2 is 1.92 bits per heavy atom. The van der Waals surface area contributed by atoms with Gasteiger partial charge >= 0.3 is 6.03 Å². The van der Waals surface area contributed by atoms with Gasteiger partial charge in [-0.3, -0.25) is 4.79 Å². The fourth-order valence-corrected chi connectivity index (χ4v) is 2.11. The Hall–Kier alpha value is -2.64. The normalized spacial score (nSPS) is 10.1. The summed E-state index contributed by atoms with van der Waals surface area (Å²) in [5.41, 5.74) is 0.634. The first-order valence-corrected chi connectivity index (χ1v) is 7.39. The van der Waals surface area contributed by atoms with E-state index in [2.05, 4.69) is 16.0 Å². The second-order valence-corrected chi connectivity index (χ2v) is 5.20. The highest BCUT2D eigenvalue weighted by molar-refractivity contribution is 6.31. The summed E-state index contributed by atoms with van der Waals surface area (Å²) in [6.45, 7) is -0.126. The SMILES string of the molecule is O=C(Nc1cccc(F)c1)Nc1cc(Cl)ccc1C(=O)NCCO. The largest absolute Gasteiger partial charge is 0.395 e. The van der Waals surface area contributed by atoms with E-state index in [1.165, 1.54) is 36.4 Å². The number of aliphatic hydroxyl groups excluding tert-OH is 1. The van der Waals surface area contributed by atoms with E-state index in [4.69, 9.17) is 16.7 Å². The maximum Gasteiger partial charge on any atom is 0.323 e. The predicted octanol–water partition coefficient (Wildman–Crippen LogP) is 2.85. The van der Waals surface area contributed by atoms with Crippen LogP contribution in [0, 0.1) is 5.82 Å². The van der Waals surface area contributed by atoms with Crippen molar-refractivity contribution in [3.8, 4) is 0 Å². The number of urea groups is 1. The molecular weight excluding hydrogens is 337 g/mol. The maximum absolute atomic E-state index is 13.1. The van der Waals surface area contributed by atoms with Crippen molar-refractivity contribution in [3.05, 3.63) is 58.9 Å². The first-order valence-electron chi connectivity index (χ1n) is 7.02. The van der Waals surface area contributed by atoms with E-state index in [0.717, 1.165) is 6.07 Å². The molecule has 6 nitrogen and oxygen atoms in total. The molecule has 0 aliphatic heterocycles. The summed E-state index contributed by atoms with van der Waals surface area (Å²) in [6, 6.07) is 9.11. The van der Waals surface area contributed by atoms with Crippen LogP contribution in [0.1, 0.15) is 10.4 Å². The van der Waals surface area contributed by atoms with E-state index >= 15 is 0 Å². The van der Waals surface area contributed by atoms with Crippen LogP contribution in [-0.4, -0.2) is 30.2 Å². The molecule has 0 saturated heterocycles. The molecule has 4 N–H and O–H groups in total. The Kier molecular flexibility index (Phi) is 6.11. The van der Waals surface area contributed by atoms with Crippen molar-refractivity contribution in [2.24, 2.45) is 0 Å². The van der Waals surface area contributed by atoms with E-state index in [0.29, 0.717) is 5.02 Å². The van der Waals surface area contributed by atoms with Crippen LogP contribution < -0.4 is 16.0 Å². The van der Waals surface area contributed by atoms with Crippen molar-refractivity contribution in [1.29, 1.82) is 0 Å². The van der Waals surface area contributed by atoms with Crippen molar-refractivity contribution < 1.29 is 19.1 Å². The van der Waals surface area contributed by atoms with E-state index in [-0.39, 0.29) is 30.1 Å². The average Bonchev–Trinajstić information content (AvgIpc) is 2.52. The second kappa shape index (κ2) is 8.28. The van der Waals surface area contributed by atoms with Gasteiger partial charge in [0.25, 0.3) is 5.91 Å². The fourth-order valence-electron chi connectivity index (χ4n) is 1.93. The number of nitrogens with one attached hydrogen (secondary N) is 3. The minimum atomic E-state index is -0.654. The van der Waals surface area contributed by atoms with Crippen LogP contribution in [0.25, 0.3) is 0 Å². The summed E-state index contributed by atoms with van der Waals surface area (Å²) in [7, 11) is 0. The van der Waals surface area contributed by atoms with E-state index in [1.54, 1.807) is 0 Å². The summed E-state index contributed by atoms with van der Waals surface area (Å²) < 4.78 is 13.1. The van der Waals surface area contributed by atoms with Gasteiger partial charge in [0.15, 0.2) is 0 Å². The minimum absolute atomic E-state index is 0.0798. The van der Waals surface area contributed by atoms with Gasteiger partial charge in [-0.25, -0.2) is 9.18 Å². The molecule has 0 aromatic heterocycles. The third-order valence-electron chi connectivity index (χ3n) is 2.95. The summed E-state index contributed by atoms with van der Waals surface area (Å²) in [5, 5.41) is 16.5. The van der Waals surface area contributed by atoms with E-state index in [9.17, 15) is 14.0 Å². The fraction of sp³-hybridized carbons (Fsp3) is 0.125. The summed E-state index contributed by atoms with van der Waals surface area (Å²) in [4.78, 5) is 24.1. The second-order valence-electron chi connectivity index (χ2n) is 4.76. The molecular formula is C16H15ClFN3O3. The van der Waals surface area contributed by atoms with Crippen molar-refractivity contribution in [2.45, 2.75) is 0 Å². The molecule has 0 fully saturated rings. The average molecular weight is 352 g/mol. The van der Waals surface area contributed by atoms with Gasteiger partial charge in [0, 0.05) is 17.3 Å². The van der Waals surface area contributed by atoms with Crippen LogP contribution in [0.15, 0.2) is 42.5 Å². The van der Waals surface area contributed by atoms with Gasteiger partial charge in [-0.05, 0) is 36.4 Å². The molecule has 126 valence electrons. The van der Waals surface area contributed by atoms with Crippen molar-refractivity contribution in [3.63, 3.8) is 0 Å². The molecule has 0 radical (unpaired) electrons. The number of hydrogen-bond acceptors (Lipinski definition) is 3. The minimum Gasteiger partial charge on any atom is -0.395 e. The lowest BCUT2D eigenvalue weighted by Gasteiger charge is -2.12. The van der Waals surface area contributed by atoms with Crippen LogP contribution in [0.5, 0.6) is 0 Å². The van der Waals surface area contributed by atoms with Crippen LogP contribution in [0.3, 0.4) is 0 Å². The van der Waals surface area contributed by atoms with Gasteiger partial charge in [-0.2, -0.15) is 0 Å². The Morgan fingerprint density at radius 1 is 1.12 bits per heavy atom. The first kappa shape index (κ1) is 17.7. The Balaban J connectivity index is 2.14. The number of carbonyl (C=O) groups is 2. The molecule has 0 aliphatic rings. The zero-order valence-corrected chi connectivity index (χ0v) is 13.2. The zero-order chi connectivity index (χ0) is 17.5. The summed E-state index contributed by atoms with van der Waals surface area (Å²) in [6.07, 6.45) is 0. The van der Waals surface area contributed by atoms with E-state index in [1.807, 2.05) is 0 Å². The van der Waals surface area contributed by atoms with Crippen LogP contribution in [0.2, 0.25) is 5.02 Å². The lowest BCUT2D eigenvalue weighted by Crippen LogP contribution is -2.28. The molecule has 0 spiro atoms. The molecule has 0 atom stereocenters. The smallest absolute Gasteiger partial charge is 0.323 e. The Bertz CT molecular complexity index is 755. The lowest BCUT2D eigenvalue weighted by molar-refractivity contribution is 0.0945. The van der Waals surface area contributed by atoms with Gasteiger partial charge in [0.2, 0.25) is 0 Å². The molecule has 2 rings (SSSR count).